The van der Waals surface area contributed by atoms with Crippen LogP contribution in [-0.4, -0.2) is 54.6 Å². The number of H-pyrrole nitrogens is 1. The number of carboxylic acids is 1. The van der Waals surface area contributed by atoms with Crippen LogP contribution in [0.1, 0.15) is 25.7 Å². The Kier molecular flexibility index (Phi) is 6.72. The number of anilines is 1. The van der Waals surface area contributed by atoms with Gasteiger partial charge in [-0.3, -0.25) is 9.59 Å². The average molecular weight is 381 g/mol. The number of hydrogen-bond donors (Lipinski definition) is 5. The third-order valence-electron chi connectivity index (χ3n) is 3.35. The van der Waals surface area contributed by atoms with Crippen LogP contribution < -0.4 is 16.8 Å². The maximum Gasteiger partial charge on any atom is 0.326 e. The lowest BCUT2D eigenvalue weighted by Gasteiger charge is -2.12. The zero-order chi connectivity index (χ0) is 19.1. The van der Waals surface area contributed by atoms with Crippen LogP contribution in [0.2, 0.25) is 0 Å². The van der Waals surface area contributed by atoms with Gasteiger partial charge in [0.25, 0.3) is 0 Å². The van der Waals surface area contributed by atoms with Crippen LogP contribution in [0.3, 0.4) is 0 Å². The number of rotatable bonds is 10. The monoisotopic (exact) mass is 381 g/mol. The van der Waals surface area contributed by atoms with Crippen molar-refractivity contribution in [1.29, 1.82) is 0 Å². The molecule has 0 aliphatic rings. The standard InChI is InChI=1S/C14H19N7O4S/c15-8(22)5-7(13(24)25)19-9(23)3-1-2-4-26-12-10-11(18-6-17-10)20-14(16)21-12/h6-7H,1-5H2,(H2,15,22)(H,19,23)(H,24,25)(H3,16,17,18,20,21)/t7-/m1/s1. The molecule has 12 heteroatoms. The van der Waals surface area contributed by atoms with E-state index in [9.17, 15) is 14.4 Å². The van der Waals surface area contributed by atoms with Gasteiger partial charge in [-0.1, -0.05) is 0 Å². The first-order valence-electron chi connectivity index (χ1n) is 7.76. The van der Waals surface area contributed by atoms with Crippen molar-refractivity contribution >= 4 is 46.7 Å². The highest BCUT2D eigenvalue weighted by molar-refractivity contribution is 7.99. The van der Waals surface area contributed by atoms with E-state index in [1.807, 2.05) is 0 Å². The van der Waals surface area contributed by atoms with Crippen LogP contribution in [0.4, 0.5) is 5.95 Å². The number of carbonyl (C=O) groups is 3. The zero-order valence-electron chi connectivity index (χ0n) is 13.8. The molecule has 0 saturated carbocycles. The number of thioether (sulfide) groups is 1. The third-order valence-corrected chi connectivity index (χ3v) is 4.41. The highest BCUT2D eigenvalue weighted by Gasteiger charge is 2.21. The van der Waals surface area contributed by atoms with E-state index in [0.29, 0.717) is 34.8 Å². The molecule has 0 bridgehead atoms. The highest BCUT2D eigenvalue weighted by atomic mass is 32.2. The Morgan fingerprint density at radius 2 is 2.08 bits per heavy atom. The second-order valence-electron chi connectivity index (χ2n) is 5.42. The molecule has 0 fully saturated rings. The number of hydrogen-bond acceptors (Lipinski definition) is 8. The van der Waals surface area contributed by atoms with E-state index in [2.05, 4.69) is 25.3 Å². The van der Waals surface area contributed by atoms with Crippen molar-refractivity contribution in [1.82, 2.24) is 25.3 Å². The van der Waals surface area contributed by atoms with Crippen LogP contribution >= 0.6 is 11.8 Å². The van der Waals surface area contributed by atoms with Crippen LogP contribution in [0.25, 0.3) is 11.2 Å². The molecule has 26 heavy (non-hydrogen) atoms. The Bertz CT molecular complexity index is 810. The van der Waals surface area contributed by atoms with E-state index in [1.54, 1.807) is 0 Å². The SMILES string of the molecule is NC(=O)C[C@@H](NC(=O)CCCCSc1nc(N)nc2nc[nH]c12)C(=O)O. The number of primary amides is 1. The summed E-state index contributed by atoms with van der Waals surface area (Å²) in [6.45, 7) is 0. The molecule has 2 amide bonds. The summed E-state index contributed by atoms with van der Waals surface area (Å²) in [7, 11) is 0. The van der Waals surface area contributed by atoms with Crippen LogP contribution in [0.15, 0.2) is 11.4 Å². The molecule has 11 nitrogen and oxygen atoms in total. The number of fused-ring (bicyclic) bond motifs is 1. The summed E-state index contributed by atoms with van der Waals surface area (Å²) in [5, 5.41) is 11.9. The number of amides is 2. The molecule has 0 aliphatic heterocycles. The lowest BCUT2D eigenvalue weighted by Crippen LogP contribution is -2.43. The van der Waals surface area contributed by atoms with Gasteiger partial charge < -0.3 is 26.9 Å². The molecule has 0 unspecified atom stereocenters. The number of aliphatic carboxylic acids is 1. The molecule has 0 spiro atoms. The molecule has 7 N–H and O–H groups in total. The van der Waals surface area contributed by atoms with Gasteiger partial charge in [0.15, 0.2) is 5.65 Å². The van der Waals surface area contributed by atoms with E-state index >= 15 is 0 Å². The van der Waals surface area contributed by atoms with Gasteiger partial charge in [-0.2, -0.15) is 4.98 Å². The summed E-state index contributed by atoms with van der Waals surface area (Å²) >= 11 is 1.46. The molecular formula is C14H19N7O4S. The van der Waals surface area contributed by atoms with Gasteiger partial charge in [0.1, 0.15) is 16.6 Å². The summed E-state index contributed by atoms with van der Waals surface area (Å²) in [5.74, 6) is -1.70. The molecule has 0 saturated heterocycles. The van der Waals surface area contributed by atoms with Crippen molar-refractivity contribution in [2.45, 2.75) is 36.8 Å². The number of carboxylic acid groups (broad SMARTS) is 1. The average Bonchev–Trinajstić information content (AvgIpc) is 3.01. The van der Waals surface area contributed by atoms with Gasteiger partial charge in [-0.15, -0.1) is 11.8 Å². The largest absolute Gasteiger partial charge is 0.480 e. The minimum Gasteiger partial charge on any atom is -0.480 e. The molecule has 2 rings (SSSR count). The fraction of sp³-hybridized carbons (Fsp3) is 0.429. The predicted molar refractivity (Wildman–Crippen MR) is 94.0 cm³/mol. The maximum atomic E-state index is 11.8. The second-order valence-corrected chi connectivity index (χ2v) is 6.51. The van der Waals surface area contributed by atoms with Crippen LogP contribution in [0.5, 0.6) is 0 Å². The maximum absolute atomic E-state index is 11.8. The molecule has 0 aliphatic carbocycles. The number of nitrogens with two attached hydrogens (primary N) is 2. The summed E-state index contributed by atoms with van der Waals surface area (Å²) in [6, 6.07) is -1.30. The molecule has 0 radical (unpaired) electrons. The van der Waals surface area contributed by atoms with E-state index < -0.39 is 30.2 Å². The molecule has 2 aromatic heterocycles. The summed E-state index contributed by atoms with van der Waals surface area (Å²) in [6.07, 6.45) is 2.47. The fourth-order valence-electron chi connectivity index (χ4n) is 2.15. The highest BCUT2D eigenvalue weighted by Crippen LogP contribution is 2.24. The Morgan fingerprint density at radius 3 is 2.77 bits per heavy atom. The topological polar surface area (TPSA) is 190 Å². The van der Waals surface area contributed by atoms with Crippen LogP contribution in [-0.2, 0) is 14.4 Å². The van der Waals surface area contributed by atoms with Crippen molar-refractivity contribution < 1.29 is 19.5 Å². The van der Waals surface area contributed by atoms with Gasteiger partial charge in [-0.05, 0) is 18.6 Å². The number of nitrogens with one attached hydrogen (secondary N) is 2. The van der Waals surface area contributed by atoms with E-state index in [-0.39, 0.29) is 12.4 Å². The lowest BCUT2D eigenvalue weighted by molar-refractivity contribution is -0.143. The lowest BCUT2D eigenvalue weighted by atomic mass is 10.2. The number of nitrogens with zero attached hydrogens (tertiary/aromatic N) is 3. The normalized spacial score (nSPS) is 12.0. The summed E-state index contributed by atoms with van der Waals surface area (Å²) in [5.41, 5.74) is 11.8. The van der Waals surface area contributed by atoms with Crippen LogP contribution in [0, 0.1) is 0 Å². The van der Waals surface area contributed by atoms with Gasteiger partial charge >= 0.3 is 5.97 Å². The van der Waals surface area contributed by atoms with Gasteiger partial charge in [-0.25, -0.2) is 14.8 Å². The minimum absolute atomic E-state index is 0.139. The molecule has 1 atom stereocenters. The number of aromatic nitrogens is 4. The van der Waals surface area contributed by atoms with Gasteiger partial charge in [0.2, 0.25) is 17.8 Å². The van der Waals surface area contributed by atoms with E-state index in [4.69, 9.17) is 16.6 Å². The first-order chi connectivity index (χ1) is 12.4. The van der Waals surface area contributed by atoms with Gasteiger partial charge in [0.05, 0.1) is 12.7 Å². The summed E-state index contributed by atoms with van der Waals surface area (Å²) in [4.78, 5) is 48.7. The third kappa shape index (κ3) is 5.58. The Labute approximate surface area is 152 Å². The zero-order valence-corrected chi connectivity index (χ0v) is 14.6. The molecular weight excluding hydrogens is 362 g/mol. The van der Waals surface area contributed by atoms with Crippen molar-refractivity contribution in [3.05, 3.63) is 6.33 Å². The van der Waals surface area contributed by atoms with Gasteiger partial charge in [0, 0.05) is 6.42 Å². The Morgan fingerprint density at radius 1 is 1.31 bits per heavy atom. The van der Waals surface area contributed by atoms with Crippen molar-refractivity contribution in [2.75, 3.05) is 11.5 Å². The van der Waals surface area contributed by atoms with Crippen molar-refractivity contribution in [3.63, 3.8) is 0 Å². The number of imidazole rings is 1. The Hall–Kier alpha value is -2.89. The second kappa shape index (κ2) is 8.99. The summed E-state index contributed by atoms with van der Waals surface area (Å²) < 4.78 is 0. The quantitative estimate of drug-likeness (QED) is 0.208. The first-order valence-corrected chi connectivity index (χ1v) is 8.75. The molecule has 2 heterocycles. The molecule has 140 valence electrons. The molecule has 2 aromatic rings. The van der Waals surface area contributed by atoms with Crippen molar-refractivity contribution in [3.8, 4) is 0 Å². The Balaban J connectivity index is 1.74. The number of aromatic amines is 1. The molecule has 0 aromatic carbocycles. The fourth-order valence-corrected chi connectivity index (χ4v) is 3.15. The van der Waals surface area contributed by atoms with E-state index in [1.165, 1.54) is 18.1 Å². The predicted octanol–water partition coefficient (Wildman–Crippen LogP) is -0.358. The minimum atomic E-state index is -1.30. The van der Waals surface area contributed by atoms with Crippen molar-refractivity contribution in [2.24, 2.45) is 5.73 Å². The first kappa shape index (κ1) is 19.4. The van der Waals surface area contributed by atoms with E-state index in [0.717, 1.165) is 0 Å². The number of nitrogen functional groups attached to an aromatic ring is 1. The number of unbranched alkanes of at least 4 members (excludes halogenated alkanes) is 1. The number of carbonyl (C=O) groups excluding carboxylic acids is 2. The smallest absolute Gasteiger partial charge is 0.326 e.